The normalized spacial score (nSPS) is 15.9. The summed E-state index contributed by atoms with van der Waals surface area (Å²) in [5.41, 5.74) is 1.91. The molecule has 3 rings (SSSR count). The number of nitrogens with one attached hydrogen (secondary N) is 1. The third-order valence-corrected chi connectivity index (χ3v) is 7.07. The van der Waals surface area contributed by atoms with Gasteiger partial charge < -0.3 is 5.32 Å². The van der Waals surface area contributed by atoms with E-state index in [0.717, 1.165) is 31.2 Å². The third kappa shape index (κ3) is 4.69. The molecule has 7 heteroatoms. The minimum absolute atomic E-state index is 0.222. The lowest BCUT2D eigenvalue weighted by molar-refractivity contribution is 0.102. The lowest BCUT2D eigenvalue weighted by atomic mass is 10.2. The van der Waals surface area contributed by atoms with Crippen LogP contribution in [-0.2, 0) is 10.0 Å². The number of amides is 1. The van der Waals surface area contributed by atoms with Gasteiger partial charge in [-0.1, -0.05) is 30.5 Å². The molecule has 1 heterocycles. The van der Waals surface area contributed by atoms with Crippen molar-refractivity contribution < 1.29 is 13.2 Å². The number of hydrogen-bond acceptors (Lipinski definition) is 3. The second-order valence-corrected chi connectivity index (χ2v) is 9.11. The van der Waals surface area contributed by atoms with Gasteiger partial charge >= 0.3 is 0 Å². The predicted molar refractivity (Wildman–Crippen MR) is 108 cm³/mol. The number of halogens is 1. The number of rotatable bonds is 4. The number of nitrogens with zero attached hydrogens (tertiary/aromatic N) is 1. The molecule has 0 spiro atoms. The predicted octanol–water partition coefficient (Wildman–Crippen LogP) is 4.47. The van der Waals surface area contributed by atoms with E-state index in [-0.39, 0.29) is 10.8 Å². The first-order chi connectivity index (χ1) is 12.9. The fraction of sp³-hybridized carbons (Fsp3) is 0.350. The number of aryl methyl sites for hydroxylation is 1. The van der Waals surface area contributed by atoms with Gasteiger partial charge in [0.05, 0.1) is 4.90 Å². The molecule has 0 aliphatic carbocycles. The summed E-state index contributed by atoms with van der Waals surface area (Å²) in [7, 11) is -3.51. The molecule has 144 valence electrons. The van der Waals surface area contributed by atoms with Crippen LogP contribution in [0.1, 0.15) is 41.6 Å². The molecular formula is C20H23ClN2O3S. The Labute approximate surface area is 165 Å². The second-order valence-electron chi connectivity index (χ2n) is 6.76. The van der Waals surface area contributed by atoms with Gasteiger partial charge in [-0.15, -0.1) is 0 Å². The molecule has 2 aromatic rings. The Kier molecular flexibility index (Phi) is 6.19. The van der Waals surface area contributed by atoms with E-state index in [9.17, 15) is 13.2 Å². The zero-order valence-electron chi connectivity index (χ0n) is 15.2. The topological polar surface area (TPSA) is 66.5 Å². The maximum Gasteiger partial charge on any atom is 0.255 e. The van der Waals surface area contributed by atoms with Gasteiger partial charge in [0, 0.05) is 29.4 Å². The molecule has 1 N–H and O–H groups in total. The van der Waals surface area contributed by atoms with Crippen LogP contribution in [0.3, 0.4) is 0 Å². The van der Waals surface area contributed by atoms with Crippen LogP contribution >= 0.6 is 11.6 Å². The molecule has 2 aromatic carbocycles. The number of sulfonamides is 1. The van der Waals surface area contributed by atoms with E-state index in [1.807, 2.05) is 13.0 Å². The van der Waals surface area contributed by atoms with Crippen molar-refractivity contribution in [3.63, 3.8) is 0 Å². The van der Waals surface area contributed by atoms with Crippen LogP contribution in [-0.4, -0.2) is 31.7 Å². The Bertz CT molecular complexity index is 919. The highest BCUT2D eigenvalue weighted by Crippen LogP contribution is 2.22. The number of hydrogen-bond donors (Lipinski definition) is 1. The summed E-state index contributed by atoms with van der Waals surface area (Å²) < 4.78 is 27.1. The smallest absolute Gasteiger partial charge is 0.255 e. The highest BCUT2D eigenvalue weighted by atomic mass is 35.5. The fourth-order valence-corrected chi connectivity index (χ4v) is 4.78. The molecule has 5 nitrogen and oxygen atoms in total. The minimum atomic E-state index is -3.51. The zero-order valence-corrected chi connectivity index (χ0v) is 16.8. The van der Waals surface area contributed by atoms with E-state index in [1.54, 1.807) is 16.4 Å². The SMILES string of the molecule is Cc1ccc(NC(=O)c2ccc(S(=O)(=O)N3CCCCCC3)cc2)cc1Cl. The van der Waals surface area contributed by atoms with Gasteiger partial charge in [0.25, 0.3) is 5.91 Å². The van der Waals surface area contributed by atoms with Gasteiger partial charge in [-0.05, 0) is 61.7 Å². The van der Waals surface area contributed by atoms with Crippen LogP contribution in [0.5, 0.6) is 0 Å². The molecule has 0 unspecified atom stereocenters. The van der Waals surface area contributed by atoms with Crippen molar-refractivity contribution in [1.29, 1.82) is 0 Å². The average molecular weight is 407 g/mol. The van der Waals surface area contributed by atoms with Gasteiger partial charge in [-0.25, -0.2) is 8.42 Å². The van der Waals surface area contributed by atoms with E-state index in [4.69, 9.17) is 11.6 Å². The third-order valence-electron chi connectivity index (χ3n) is 4.75. The molecule has 1 aliphatic rings. The van der Waals surface area contributed by atoms with E-state index in [1.165, 1.54) is 24.3 Å². The molecule has 1 fully saturated rings. The Morgan fingerprint density at radius 3 is 2.22 bits per heavy atom. The highest BCUT2D eigenvalue weighted by molar-refractivity contribution is 7.89. The Morgan fingerprint density at radius 1 is 1.00 bits per heavy atom. The summed E-state index contributed by atoms with van der Waals surface area (Å²) in [4.78, 5) is 12.6. The first kappa shape index (κ1) is 19.9. The minimum Gasteiger partial charge on any atom is -0.322 e. The molecule has 1 saturated heterocycles. The summed E-state index contributed by atoms with van der Waals surface area (Å²) >= 11 is 6.08. The first-order valence-electron chi connectivity index (χ1n) is 9.05. The lowest BCUT2D eigenvalue weighted by Gasteiger charge is -2.20. The lowest BCUT2D eigenvalue weighted by Crippen LogP contribution is -2.31. The van der Waals surface area contributed by atoms with Gasteiger partial charge in [0.15, 0.2) is 0 Å². The standard InChI is InChI=1S/C20H23ClN2O3S/c1-15-6-9-17(14-19(15)21)22-20(24)16-7-10-18(11-8-16)27(25,26)23-12-4-2-3-5-13-23/h6-11,14H,2-5,12-13H2,1H3,(H,22,24). The molecule has 1 amide bonds. The van der Waals surface area contributed by atoms with Crippen molar-refractivity contribution in [1.82, 2.24) is 4.31 Å². The van der Waals surface area contributed by atoms with Gasteiger partial charge in [0.2, 0.25) is 10.0 Å². The van der Waals surface area contributed by atoms with Crippen molar-refractivity contribution in [3.05, 3.63) is 58.6 Å². The van der Waals surface area contributed by atoms with Crippen LogP contribution in [0, 0.1) is 6.92 Å². The summed E-state index contributed by atoms with van der Waals surface area (Å²) in [6, 6.07) is 11.4. The summed E-state index contributed by atoms with van der Waals surface area (Å²) in [6.45, 7) is 2.99. The van der Waals surface area contributed by atoms with Crippen LogP contribution in [0.25, 0.3) is 0 Å². The zero-order chi connectivity index (χ0) is 19.4. The maximum atomic E-state index is 12.8. The molecule has 0 radical (unpaired) electrons. The molecule has 0 saturated carbocycles. The molecule has 0 bridgehead atoms. The number of carbonyl (C=O) groups excluding carboxylic acids is 1. The van der Waals surface area contributed by atoms with E-state index < -0.39 is 10.0 Å². The Morgan fingerprint density at radius 2 is 1.63 bits per heavy atom. The Hall–Kier alpha value is -1.89. The quantitative estimate of drug-likeness (QED) is 0.814. The van der Waals surface area contributed by atoms with Crippen molar-refractivity contribution in [2.24, 2.45) is 0 Å². The van der Waals surface area contributed by atoms with Crippen LogP contribution < -0.4 is 5.32 Å². The Balaban J connectivity index is 1.74. The molecular weight excluding hydrogens is 384 g/mol. The van der Waals surface area contributed by atoms with Crippen LogP contribution in [0.4, 0.5) is 5.69 Å². The first-order valence-corrected chi connectivity index (χ1v) is 10.9. The molecule has 0 atom stereocenters. The van der Waals surface area contributed by atoms with Crippen LogP contribution in [0.2, 0.25) is 5.02 Å². The molecule has 1 aliphatic heterocycles. The van der Waals surface area contributed by atoms with Gasteiger partial charge in [0.1, 0.15) is 0 Å². The number of anilines is 1. The van der Waals surface area contributed by atoms with E-state index in [0.29, 0.717) is 29.4 Å². The highest BCUT2D eigenvalue weighted by Gasteiger charge is 2.25. The number of carbonyl (C=O) groups is 1. The van der Waals surface area contributed by atoms with Crippen molar-refractivity contribution >= 4 is 33.2 Å². The fourth-order valence-electron chi connectivity index (χ4n) is 3.08. The van der Waals surface area contributed by atoms with Gasteiger partial charge in [-0.3, -0.25) is 4.79 Å². The van der Waals surface area contributed by atoms with Gasteiger partial charge in [-0.2, -0.15) is 4.31 Å². The molecule has 27 heavy (non-hydrogen) atoms. The summed E-state index contributed by atoms with van der Waals surface area (Å²) in [6.07, 6.45) is 3.90. The molecule has 0 aromatic heterocycles. The van der Waals surface area contributed by atoms with E-state index >= 15 is 0 Å². The summed E-state index contributed by atoms with van der Waals surface area (Å²) in [5, 5.41) is 3.35. The number of benzene rings is 2. The van der Waals surface area contributed by atoms with Crippen molar-refractivity contribution in [3.8, 4) is 0 Å². The monoisotopic (exact) mass is 406 g/mol. The maximum absolute atomic E-state index is 12.8. The van der Waals surface area contributed by atoms with E-state index in [2.05, 4.69) is 5.32 Å². The summed E-state index contributed by atoms with van der Waals surface area (Å²) in [5.74, 6) is -0.311. The van der Waals surface area contributed by atoms with Crippen molar-refractivity contribution in [2.75, 3.05) is 18.4 Å². The second kappa shape index (κ2) is 8.42. The largest absolute Gasteiger partial charge is 0.322 e. The van der Waals surface area contributed by atoms with Crippen LogP contribution in [0.15, 0.2) is 47.4 Å². The average Bonchev–Trinajstić information content (AvgIpc) is 2.95. The van der Waals surface area contributed by atoms with Crippen molar-refractivity contribution in [2.45, 2.75) is 37.5 Å².